The highest BCUT2D eigenvalue weighted by atomic mass is 79.9. The predicted molar refractivity (Wildman–Crippen MR) is 59.1 cm³/mol. The van der Waals surface area contributed by atoms with E-state index in [-0.39, 0.29) is 25.2 Å². The monoisotopic (exact) mass is 287 g/mol. The number of nitrogens with zero attached hydrogens (tertiary/aromatic N) is 1. The number of carboxylic acid groups (broad SMARTS) is 1. The number of hydrogen-bond acceptors (Lipinski definition) is 5. The van der Waals surface area contributed by atoms with Gasteiger partial charge in [0, 0.05) is 19.6 Å². The minimum atomic E-state index is -0.829. The van der Waals surface area contributed by atoms with Gasteiger partial charge >= 0.3 is 5.97 Å². The summed E-state index contributed by atoms with van der Waals surface area (Å²) in [6.07, 6.45) is 0. The standard InChI is InChI=1S/C6H15NO3.C2H3BrO2/c8-4-1-7(2-5-9)3-6-10;3-1-2(4)5/h8-10H,1-6H2;1H2,(H,4,5). The fourth-order valence-corrected chi connectivity index (χ4v) is 0.760. The van der Waals surface area contributed by atoms with E-state index >= 15 is 0 Å². The third kappa shape index (κ3) is 16.5. The third-order valence-electron chi connectivity index (χ3n) is 1.36. The molecule has 0 aromatic carbocycles. The summed E-state index contributed by atoms with van der Waals surface area (Å²) >= 11 is 2.71. The second-order valence-corrected chi connectivity index (χ2v) is 3.10. The van der Waals surface area contributed by atoms with E-state index in [2.05, 4.69) is 15.9 Å². The zero-order valence-corrected chi connectivity index (χ0v) is 10.1. The Kier molecular flexibility index (Phi) is 15.8. The van der Waals surface area contributed by atoms with E-state index in [0.29, 0.717) is 19.6 Å². The van der Waals surface area contributed by atoms with Gasteiger partial charge in [-0.2, -0.15) is 0 Å². The first-order valence-corrected chi connectivity index (χ1v) is 5.57. The molecule has 4 N–H and O–H groups in total. The van der Waals surface area contributed by atoms with Crippen molar-refractivity contribution in [1.29, 1.82) is 0 Å². The summed E-state index contributed by atoms with van der Waals surface area (Å²) in [7, 11) is 0. The predicted octanol–water partition coefficient (Wildman–Crippen LogP) is -1.27. The smallest absolute Gasteiger partial charge is 0.314 e. The number of rotatable bonds is 7. The number of carbonyl (C=O) groups is 1. The lowest BCUT2D eigenvalue weighted by Crippen LogP contribution is -2.32. The van der Waals surface area contributed by atoms with E-state index in [1.165, 1.54) is 0 Å². The SMILES string of the molecule is O=C(O)CBr.OCCN(CCO)CCO. The Balaban J connectivity index is 0. The summed E-state index contributed by atoms with van der Waals surface area (Å²) in [6.45, 7) is 1.75. The van der Waals surface area contributed by atoms with Gasteiger partial charge in [-0.3, -0.25) is 9.69 Å². The van der Waals surface area contributed by atoms with Gasteiger partial charge in [-0.05, 0) is 0 Å². The second-order valence-electron chi connectivity index (χ2n) is 2.54. The first kappa shape index (κ1) is 17.2. The maximum atomic E-state index is 9.32. The van der Waals surface area contributed by atoms with Crippen LogP contribution in [-0.4, -0.2) is 76.1 Å². The largest absolute Gasteiger partial charge is 0.481 e. The Morgan fingerprint density at radius 2 is 1.27 bits per heavy atom. The van der Waals surface area contributed by atoms with Gasteiger partial charge in [-0.15, -0.1) is 0 Å². The number of carboxylic acids is 1. The quantitative estimate of drug-likeness (QED) is 0.436. The molecule has 0 unspecified atom stereocenters. The summed E-state index contributed by atoms with van der Waals surface area (Å²) in [4.78, 5) is 11.1. The van der Waals surface area contributed by atoms with Crippen molar-refractivity contribution in [3.05, 3.63) is 0 Å². The van der Waals surface area contributed by atoms with Crippen molar-refractivity contribution >= 4 is 21.9 Å². The maximum Gasteiger partial charge on any atom is 0.314 e. The van der Waals surface area contributed by atoms with Crippen molar-refractivity contribution in [1.82, 2.24) is 4.90 Å². The minimum absolute atomic E-state index is 0.0347. The molecular formula is C8H18BrNO5. The summed E-state index contributed by atoms with van der Waals surface area (Å²) < 4.78 is 0. The molecule has 0 saturated carbocycles. The Labute approximate surface area is 97.3 Å². The molecule has 0 saturated heterocycles. The average molecular weight is 288 g/mol. The van der Waals surface area contributed by atoms with Gasteiger partial charge in [0.1, 0.15) is 5.33 Å². The number of halogens is 1. The summed E-state index contributed by atoms with van der Waals surface area (Å²) in [6, 6.07) is 0. The molecule has 0 radical (unpaired) electrons. The van der Waals surface area contributed by atoms with E-state index in [4.69, 9.17) is 20.4 Å². The number of aliphatic carboxylic acids is 1. The van der Waals surface area contributed by atoms with Crippen molar-refractivity contribution in [3.63, 3.8) is 0 Å². The molecule has 0 spiro atoms. The molecule has 6 nitrogen and oxygen atoms in total. The highest BCUT2D eigenvalue weighted by molar-refractivity contribution is 9.09. The van der Waals surface area contributed by atoms with E-state index in [1.54, 1.807) is 4.90 Å². The topological polar surface area (TPSA) is 101 Å². The number of alkyl halides is 1. The molecule has 15 heavy (non-hydrogen) atoms. The second kappa shape index (κ2) is 13.8. The van der Waals surface area contributed by atoms with Gasteiger partial charge in [0.25, 0.3) is 0 Å². The third-order valence-corrected chi connectivity index (χ3v) is 1.84. The number of hydrogen-bond donors (Lipinski definition) is 4. The van der Waals surface area contributed by atoms with E-state index < -0.39 is 5.97 Å². The molecule has 0 aromatic heterocycles. The molecule has 92 valence electrons. The van der Waals surface area contributed by atoms with Crippen LogP contribution in [0.3, 0.4) is 0 Å². The zero-order chi connectivity index (χ0) is 12.1. The molecule has 0 aliphatic heterocycles. The molecule has 0 amide bonds. The molecule has 0 aliphatic rings. The molecule has 0 aliphatic carbocycles. The van der Waals surface area contributed by atoms with Gasteiger partial charge in [-0.1, -0.05) is 15.9 Å². The van der Waals surface area contributed by atoms with Crippen LogP contribution in [0.25, 0.3) is 0 Å². The Hall–Kier alpha value is -0.210. The van der Waals surface area contributed by atoms with Crippen molar-refractivity contribution in [2.24, 2.45) is 0 Å². The van der Waals surface area contributed by atoms with Gasteiger partial charge in [0.15, 0.2) is 0 Å². The molecular weight excluding hydrogens is 270 g/mol. The fraction of sp³-hybridized carbons (Fsp3) is 0.875. The van der Waals surface area contributed by atoms with Crippen LogP contribution in [0.2, 0.25) is 0 Å². The molecule has 0 atom stereocenters. The van der Waals surface area contributed by atoms with Crippen LogP contribution in [0.1, 0.15) is 0 Å². The van der Waals surface area contributed by atoms with Crippen LogP contribution >= 0.6 is 15.9 Å². The van der Waals surface area contributed by atoms with E-state index in [1.807, 2.05) is 0 Å². The number of aliphatic hydroxyl groups is 3. The van der Waals surface area contributed by atoms with Crippen LogP contribution < -0.4 is 0 Å². The van der Waals surface area contributed by atoms with Crippen LogP contribution in [-0.2, 0) is 4.79 Å². The zero-order valence-electron chi connectivity index (χ0n) is 8.47. The highest BCUT2D eigenvalue weighted by Crippen LogP contribution is 1.84. The maximum absolute atomic E-state index is 9.32. The summed E-state index contributed by atoms with van der Waals surface area (Å²) in [5.74, 6) is -0.829. The van der Waals surface area contributed by atoms with Gasteiger partial charge in [0.05, 0.1) is 19.8 Å². The van der Waals surface area contributed by atoms with Gasteiger partial charge in [0.2, 0.25) is 0 Å². The fourth-order valence-electron chi connectivity index (χ4n) is 0.760. The molecule has 0 aromatic rings. The molecule has 0 heterocycles. The molecule has 0 rings (SSSR count). The lowest BCUT2D eigenvalue weighted by Gasteiger charge is -2.17. The highest BCUT2D eigenvalue weighted by Gasteiger charge is 2.00. The Morgan fingerprint density at radius 1 is 1.00 bits per heavy atom. The Bertz CT molecular complexity index is 133. The van der Waals surface area contributed by atoms with Crippen molar-refractivity contribution in [3.8, 4) is 0 Å². The van der Waals surface area contributed by atoms with Gasteiger partial charge < -0.3 is 20.4 Å². The minimum Gasteiger partial charge on any atom is -0.481 e. The van der Waals surface area contributed by atoms with Crippen LogP contribution in [0, 0.1) is 0 Å². The summed E-state index contributed by atoms with van der Waals surface area (Å²) in [5, 5.41) is 33.2. The lowest BCUT2D eigenvalue weighted by molar-refractivity contribution is -0.133. The first-order chi connectivity index (χ1) is 7.12. The molecule has 0 fully saturated rings. The van der Waals surface area contributed by atoms with Crippen molar-refractivity contribution < 1.29 is 25.2 Å². The summed E-state index contributed by atoms with van der Waals surface area (Å²) in [5.41, 5.74) is 0. The first-order valence-electron chi connectivity index (χ1n) is 4.45. The normalized spacial score (nSPS) is 9.67. The Morgan fingerprint density at radius 3 is 1.40 bits per heavy atom. The molecule has 0 bridgehead atoms. The van der Waals surface area contributed by atoms with Gasteiger partial charge in [-0.25, -0.2) is 0 Å². The number of aliphatic hydroxyl groups excluding tert-OH is 3. The van der Waals surface area contributed by atoms with Crippen LogP contribution in [0.15, 0.2) is 0 Å². The van der Waals surface area contributed by atoms with E-state index in [9.17, 15) is 4.79 Å². The molecule has 7 heteroatoms. The van der Waals surface area contributed by atoms with Crippen LogP contribution in [0.4, 0.5) is 0 Å². The average Bonchev–Trinajstić information content (AvgIpc) is 2.20. The van der Waals surface area contributed by atoms with E-state index in [0.717, 1.165) is 0 Å². The van der Waals surface area contributed by atoms with Crippen molar-refractivity contribution in [2.45, 2.75) is 0 Å². The van der Waals surface area contributed by atoms with Crippen LogP contribution in [0.5, 0.6) is 0 Å². The lowest BCUT2D eigenvalue weighted by atomic mass is 10.4. The van der Waals surface area contributed by atoms with Crippen molar-refractivity contribution in [2.75, 3.05) is 44.8 Å².